The van der Waals surface area contributed by atoms with E-state index in [2.05, 4.69) is 0 Å². The minimum Gasteiger partial charge on any atom is -0.479 e. The number of carboxylic acid groups (broad SMARTS) is 1. The second kappa shape index (κ2) is 5.54. The summed E-state index contributed by atoms with van der Waals surface area (Å²) in [5.74, 6) is -4.27. The number of nitrogens with one attached hydrogen (secondary N) is 1. The van der Waals surface area contributed by atoms with E-state index in [0.717, 1.165) is 6.07 Å². The fourth-order valence-electron chi connectivity index (χ4n) is 1.20. The van der Waals surface area contributed by atoms with Gasteiger partial charge in [-0.2, -0.15) is 0 Å². The van der Waals surface area contributed by atoms with Crippen molar-refractivity contribution in [2.75, 3.05) is 6.54 Å². The van der Waals surface area contributed by atoms with Crippen LogP contribution in [0, 0.1) is 18.6 Å². The highest BCUT2D eigenvalue weighted by atomic mass is 19.1. The highest BCUT2D eigenvalue weighted by Crippen LogP contribution is 2.13. The lowest BCUT2D eigenvalue weighted by atomic mass is 10.1. The number of amides is 1. The lowest BCUT2D eigenvalue weighted by Gasteiger charge is -2.09. The molecule has 1 unspecified atom stereocenters. The van der Waals surface area contributed by atoms with Gasteiger partial charge in [-0.05, 0) is 18.6 Å². The Balaban J connectivity index is 2.79. The smallest absolute Gasteiger partial charge is 0.334 e. The molecule has 1 amide bonds. The molecule has 5 nitrogen and oxygen atoms in total. The Bertz CT molecular complexity index is 490. The maximum atomic E-state index is 13.3. The number of carbonyl (C=O) groups excluding carboxylic acids is 1. The zero-order chi connectivity index (χ0) is 13.9. The van der Waals surface area contributed by atoms with Crippen molar-refractivity contribution in [1.82, 2.24) is 5.32 Å². The van der Waals surface area contributed by atoms with E-state index in [4.69, 9.17) is 10.2 Å². The van der Waals surface area contributed by atoms with E-state index in [-0.39, 0.29) is 5.56 Å². The second-order valence-corrected chi connectivity index (χ2v) is 3.65. The molecule has 0 saturated carbocycles. The van der Waals surface area contributed by atoms with Crippen LogP contribution in [0.25, 0.3) is 0 Å². The summed E-state index contributed by atoms with van der Waals surface area (Å²) in [4.78, 5) is 21.8. The maximum Gasteiger partial charge on any atom is 0.334 e. The number of rotatable bonds is 4. The van der Waals surface area contributed by atoms with E-state index in [1.807, 2.05) is 5.32 Å². The second-order valence-electron chi connectivity index (χ2n) is 3.65. The summed E-state index contributed by atoms with van der Waals surface area (Å²) in [6.07, 6.45) is -1.78. The first-order valence-corrected chi connectivity index (χ1v) is 4.97. The number of hydrogen-bond acceptors (Lipinski definition) is 3. The lowest BCUT2D eigenvalue weighted by Crippen LogP contribution is -2.36. The van der Waals surface area contributed by atoms with Crippen molar-refractivity contribution < 1.29 is 28.6 Å². The Hall–Kier alpha value is -2.02. The van der Waals surface area contributed by atoms with Gasteiger partial charge in [-0.3, -0.25) is 4.79 Å². The number of aliphatic hydroxyl groups is 1. The molecule has 18 heavy (non-hydrogen) atoms. The van der Waals surface area contributed by atoms with E-state index in [9.17, 15) is 18.4 Å². The molecule has 1 aromatic rings. The van der Waals surface area contributed by atoms with E-state index in [1.54, 1.807) is 0 Å². The SMILES string of the molecule is Cc1cc(C(=O)NCC(O)C(=O)O)c(F)cc1F. The molecule has 0 radical (unpaired) electrons. The van der Waals surface area contributed by atoms with E-state index < -0.39 is 41.7 Å². The Morgan fingerprint density at radius 2 is 1.94 bits per heavy atom. The van der Waals surface area contributed by atoms with Gasteiger partial charge in [0.1, 0.15) is 11.6 Å². The summed E-state index contributed by atoms with van der Waals surface area (Å²) in [6.45, 7) is 0.793. The Kier molecular flexibility index (Phi) is 4.33. The molecule has 0 aliphatic carbocycles. The molecule has 0 saturated heterocycles. The van der Waals surface area contributed by atoms with Crippen molar-refractivity contribution in [2.24, 2.45) is 0 Å². The predicted molar refractivity (Wildman–Crippen MR) is 57.1 cm³/mol. The van der Waals surface area contributed by atoms with Gasteiger partial charge in [0.05, 0.1) is 12.1 Å². The average Bonchev–Trinajstić information content (AvgIpc) is 2.30. The molecule has 0 aromatic heterocycles. The van der Waals surface area contributed by atoms with Gasteiger partial charge in [0.25, 0.3) is 5.91 Å². The summed E-state index contributed by atoms with van der Waals surface area (Å²) < 4.78 is 26.2. The molecule has 0 heterocycles. The first-order chi connectivity index (χ1) is 8.32. The van der Waals surface area contributed by atoms with Crippen LogP contribution >= 0.6 is 0 Å². The van der Waals surface area contributed by atoms with Crippen molar-refractivity contribution in [3.63, 3.8) is 0 Å². The molecular weight excluding hydrogens is 248 g/mol. The number of benzene rings is 1. The number of aryl methyl sites for hydroxylation is 1. The van der Waals surface area contributed by atoms with Gasteiger partial charge in [0.15, 0.2) is 6.10 Å². The van der Waals surface area contributed by atoms with Crippen LogP contribution in [0.1, 0.15) is 15.9 Å². The first-order valence-electron chi connectivity index (χ1n) is 4.97. The summed E-state index contributed by atoms with van der Waals surface area (Å²) in [5.41, 5.74) is -0.327. The van der Waals surface area contributed by atoms with Gasteiger partial charge in [0, 0.05) is 6.07 Å². The molecule has 7 heteroatoms. The number of aliphatic carboxylic acids is 1. The average molecular weight is 259 g/mol. The summed E-state index contributed by atoms with van der Waals surface area (Å²) in [5, 5.41) is 19.3. The number of hydrogen-bond donors (Lipinski definition) is 3. The van der Waals surface area contributed by atoms with E-state index in [0.29, 0.717) is 6.07 Å². The monoisotopic (exact) mass is 259 g/mol. The maximum absolute atomic E-state index is 13.3. The highest BCUT2D eigenvalue weighted by molar-refractivity contribution is 5.95. The number of aliphatic hydroxyl groups excluding tert-OH is 1. The van der Waals surface area contributed by atoms with Crippen molar-refractivity contribution in [1.29, 1.82) is 0 Å². The van der Waals surface area contributed by atoms with Gasteiger partial charge in [-0.1, -0.05) is 0 Å². The standard InChI is InChI=1S/C11H11F2NO4/c1-5-2-6(8(13)3-7(5)12)10(16)14-4-9(15)11(17)18/h2-3,9,15H,4H2,1H3,(H,14,16)(H,17,18). The molecule has 0 aliphatic rings. The van der Waals surface area contributed by atoms with Crippen LogP contribution in [-0.2, 0) is 4.79 Å². The van der Waals surface area contributed by atoms with Gasteiger partial charge < -0.3 is 15.5 Å². The quantitative estimate of drug-likeness (QED) is 0.732. The molecule has 1 atom stereocenters. The van der Waals surface area contributed by atoms with Crippen molar-refractivity contribution in [3.05, 3.63) is 34.9 Å². The molecule has 0 bridgehead atoms. The minimum absolute atomic E-state index is 0.0836. The third kappa shape index (κ3) is 3.24. The molecule has 0 aliphatic heterocycles. The summed E-state index contributed by atoms with van der Waals surface area (Å²) in [7, 11) is 0. The molecule has 3 N–H and O–H groups in total. The Morgan fingerprint density at radius 3 is 2.50 bits per heavy atom. The lowest BCUT2D eigenvalue weighted by molar-refractivity contribution is -0.146. The minimum atomic E-state index is -1.78. The normalized spacial score (nSPS) is 12.0. The van der Waals surface area contributed by atoms with Crippen LogP contribution in [0.15, 0.2) is 12.1 Å². The van der Waals surface area contributed by atoms with E-state index >= 15 is 0 Å². The number of carbonyl (C=O) groups is 2. The molecule has 98 valence electrons. The van der Waals surface area contributed by atoms with Gasteiger partial charge in [-0.25, -0.2) is 13.6 Å². The molecule has 1 rings (SSSR count). The van der Waals surface area contributed by atoms with Crippen LogP contribution in [0.2, 0.25) is 0 Å². The first kappa shape index (κ1) is 14.0. The zero-order valence-electron chi connectivity index (χ0n) is 9.41. The molecule has 0 spiro atoms. The highest BCUT2D eigenvalue weighted by Gasteiger charge is 2.18. The predicted octanol–water partition coefficient (Wildman–Crippen LogP) is 0.449. The van der Waals surface area contributed by atoms with Crippen LogP contribution in [0.5, 0.6) is 0 Å². The third-order valence-corrected chi connectivity index (χ3v) is 2.23. The van der Waals surface area contributed by atoms with Gasteiger partial charge >= 0.3 is 5.97 Å². The van der Waals surface area contributed by atoms with Crippen LogP contribution in [0.3, 0.4) is 0 Å². The van der Waals surface area contributed by atoms with Gasteiger partial charge in [-0.15, -0.1) is 0 Å². The molecule has 0 fully saturated rings. The summed E-state index contributed by atoms with van der Waals surface area (Å²) >= 11 is 0. The summed E-state index contributed by atoms with van der Waals surface area (Å²) in [6, 6.07) is 1.57. The van der Waals surface area contributed by atoms with Crippen LogP contribution < -0.4 is 5.32 Å². The molecular formula is C11H11F2NO4. The third-order valence-electron chi connectivity index (χ3n) is 2.23. The van der Waals surface area contributed by atoms with Crippen molar-refractivity contribution >= 4 is 11.9 Å². The van der Waals surface area contributed by atoms with Crippen molar-refractivity contribution in [2.45, 2.75) is 13.0 Å². The number of carboxylic acids is 1. The Morgan fingerprint density at radius 1 is 1.33 bits per heavy atom. The fourth-order valence-corrected chi connectivity index (χ4v) is 1.20. The van der Waals surface area contributed by atoms with Crippen molar-refractivity contribution in [3.8, 4) is 0 Å². The largest absolute Gasteiger partial charge is 0.479 e. The topological polar surface area (TPSA) is 86.6 Å². The number of halogens is 2. The van der Waals surface area contributed by atoms with Crippen LogP contribution in [-0.4, -0.2) is 34.7 Å². The van der Waals surface area contributed by atoms with Gasteiger partial charge in [0.2, 0.25) is 0 Å². The fraction of sp³-hybridized carbons (Fsp3) is 0.273. The van der Waals surface area contributed by atoms with E-state index in [1.165, 1.54) is 6.92 Å². The van der Waals surface area contributed by atoms with Crippen LogP contribution in [0.4, 0.5) is 8.78 Å². The zero-order valence-corrected chi connectivity index (χ0v) is 9.41. The Labute approximate surface area is 101 Å². The molecule has 1 aromatic carbocycles.